The number of nitriles is 2. The third-order valence-corrected chi connectivity index (χ3v) is 2.18. The fourth-order valence-corrected chi connectivity index (χ4v) is 1.32. The first-order valence-electron chi connectivity index (χ1n) is 4.95. The van der Waals surface area contributed by atoms with E-state index in [2.05, 4.69) is 0 Å². The lowest BCUT2D eigenvalue weighted by molar-refractivity contribution is -0.131. The zero-order valence-electron chi connectivity index (χ0n) is 9.00. The number of carboxylic acids is 1. The van der Waals surface area contributed by atoms with Gasteiger partial charge in [0.05, 0.1) is 23.6 Å². The van der Waals surface area contributed by atoms with Crippen LogP contribution >= 0.6 is 0 Å². The van der Waals surface area contributed by atoms with Gasteiger partial charge in [0.2, 0.25) is 0 Å². The van der Waals surface area contributed by atoms with Crippen molar-refractivity contribution in [3.8, 4) is 12.1 Å². The molecule has 0 bridgehead atoms. The molecular weight excluding hydrogens is 216 g/mol. The monoisotopic (exact) mass is 226 g/mol. The van der Waals surface area contributed by atoms with Crippen LogP contribution in [0.25, 0.3) is 0 Å². The Morgan fingerprint density at radius 3 is 2.47 bits per heavy atom. The first-order valence-corrected chi connectivity index (χ1v) is 4.95. The summed E-state index contributed by atoms with van der Waals surface area (Å²) in [5.74, 6) is -1.54. The molecule has 0 fully saturated rings. The van der Waals surface area contributed by atoms with Gasteiger partial charge in [-0.05, 0) is 24.1 Å². The quantitative estimate of drug-likeness (QED) is 0.794. The molecule has 0 radical (unpaired) electrons. The Balaban J connectivity index is 2.72. The molecular formula is C13H10N2O2. The highest BCUT2D eigenvalue weighted by atomic mass is 16.4. The van der Waals surface area contributed by atoms with Gasteiger partial charge in [-0.2, -0.15) is 10.5 Å². The Morgan fingerprint density at radius 2 is 2.00 bits per heavy atom. The molecule has 0 aromatic heterocycles. The van der Waals surface area contributed by atoms with E-state index in [1.165, 1.54) is 6.08 Å². The summed E-state index contributed by atoms with van der Waals surface area (Å²) in [6.07, 6.45) is 2.77. The second-order valence-corrected chi connectivity index (χ2v) is 3.45. The molecule has 0 amide bonds. The summed E-state index contributed by atoms with van der Waals surface area (Å²) in [5, 5.41) is 25.9. The maximum atomic E-state index is 10.3. The molecule has 0 saturated heterocycles. The van der Waals surface area contributed by atoms with Gasteiger partial charge in [0.1, 0.15) is 0 Å². The number of aliphatic carboxylic acids is 1. The molecule has 17 heavy (non-hydrogen) atoms. The van der Waals surface area contributed by atoms with Gasteiger partial charge >= 0.3 is 5.97 Å². The van der Waals surface area contributed by atoms with Crippen LogP contribution in [0.4, 0.5) is 0 Å². The van der Waals surface area contributed by atoms with Crippen molar-refractivity contribution in [3.05, 3.63) is 47.5 Å². The van der Waals surface area contributed by atoms with E-state index in [-0.39, 0.29) is 0 Å². The van der Waals surface area contributed by atoms with Crippen molar-refractivity contribution in [3.63, 3.8) is 0 Å². The molecule has 1 aromatic rings. The van der Waals surface area contributed by atoms with Crippen LogP contribution in [0, 0.1) is 28.6 Å². The van der Waals surface area contributed by atoms with Crippen molar-refractivity contribution in [1.82, 2.24) is 0 Å². The SMILES string of the molecule is N#Cc1ccc(CC(C#N)C=CC(=O)O)cc1. The molecule has 1 atom stereocenters. The molecule has 0 spiro atoms. The van der Waals surface area contributed by atoms with Gasteiger partial charge in [0, 0.05) is 6.08 Å². The zero-order chi connectivity index (χ0) is 12.7. The molecule has 84 valence electrons. The Morgan fingerprint density at radius 1 is 1.35 bits per heavy atom. The fraction of sp³-hybridized carbons (Fsp3) is 0.154. The van der Waals surface area contributed by atoms with Gasteiger partial charge in [-0.3, -0.25) is 0 Å². The predicted octanol–water partition coefficient (Wildman–Crippen LogP) is 1.88. The lowest BCUT2D eigenvalue weighted by Crippen LogP contribution is -1.99. The molecule has 0 saturated carbocycles. The lowest BCUT2D eigenvalue weighted by Gasteiger charge is -2.03. The number of hydrogen-bond donors (Lipinski definition) is 1. The molecule has 0 aliphatic carbocycles. The van der Waals surface area contributed by atoms with E-state index >= 15 is 0 Å². The van der Waals surface area contributed by atoms with E-state index in [0.717, 1.165) is 11.6 Å². The molecule has 1 rings (SSSR count). The fourth-order valence-electron chi connectivity index (χ4n) is 1.32. The highest BCUT2D eigenvalue weighted by molar-refractivity contribution is 5.79. The van der Waals surface area contributed by atoms with E-state index in [9.17, 15) is 4.79 Å². The largest absolute Gasteiger partial charge is 0.478 e. The Bertz CT molecular complexity index is 504. The van der Waals surface area contributed by atoms with Crippen molar-refractivity contribution in [2.24, 2.45) is 5.92 Å². The Labute approximate surface area is 99.0 Å². The minimum absolute atomic E-state index is 0.436. The molecule has 4 nitrogen and oxygen atoms in total. The standard InChI is InChI=1S/C13H10N2O2/c14-8-11-3-1-10(2-4-11)7-12(9-15)5-6-13(16)17/h1-6,12H,7H2,(H,16,17). The van der Waals surface area contributed by atoms with Crippen LogP contribution in [-0.2, 0) is 11.2 Å². The first-order chi connectivity index (χ1) is 8.15. The molecule has 0 heterocycles. The number of carbonyl (C=O) groups is 1. The van der Waals surface area contributed by atoms with Crippen LogP contribution in [0.1, 0.15) is 11.1 Å². The summed E-state index contributed by atoms with van der Waals surface area (Å²) >= 11 is 0. The molecule has 0 aliphatic heterocycles. The Hall–Kier alpha value is -2.59. The minimum atomic E-state index is -1.06. The van der Waals surface area contributed by atoms with E-state index in [4.69, 9.17) is 15.6 Å². The summed E-state index contributed by atoms with van der Waals surface area (Å²) in [7, 11) is 0. The average Bonchev–Trinajstić information content (AvgIpc) is 2.35. The second kappa shape index (κ2) is 6.09. The summed E-state index contributed by atoms with van der Waals surface area (Å²) < 4.78 is 0. The van der Waals surface area contributed by atoms with Crippen LogP contribution in [0.2, 0.25) is 0 Å². The highest BCUT2D eigenvalue weighted by Crippen LogP contribution is 2.11. The zero-order valence-corrected chi connectivity index (χ0v) is 9.00. The van der Waals surface area contributed by atoms with Gasteiger partial charge in [-0.25, -0.2) is 4.79 Å². The predicted molar refractivity (Wildman–Crippen MR) is 60.7 cm³/mol. The topological polar surface area (TPSA) is 84.9 Å². The molecule has 4 heteroatoms. The molecule has 1 N–H and O–H groups in total. The third kappa shape index (κ3) is 4.19. The van der Waals surface area contributed by atoms with Crippen LogP contribution in [0.3, 0.4) is 0 Å². The van der Waals surface area contributed by atoms with Crippen molar-refractivity contribution in [2.45, 2.75) is 6.42 Å². The van der Waals surface area contributed by atoms with Crippen LogP contribution in [0.5, 0.6) is 0 Å². The normalized spacial score (nSPS) is 11.6. The molecule has 1 aromatic carbocycles. The number of carboxylic acid groups (broad SMARTS) is 1. The number of allylic oxidation sites excluding steroid dienone is 1. The smallest absolute Gasteiger partial charge is 0.328 e. The summed E-state index contributed by atoms with van der Waals surface area (Å²) in [5.41, 5.74) is 1.45. The van der Waals surface area contributed by atoms with Crippen molar-refractivity contribution < 1.29 is 9.90 Å². The van der Waals surface area contributed by atoms with Crippen molar-refractivity contribution in [1.29, 1.82) is 10.5 Å². The number of nitrogens with zero attached hydrogens (tertiary/aromatic N) is 2. The minimum Gasteiger partial charge on any atom is -0.478 e. The van der Waals surface area contributed by atoms with Gasteiger partial charge in [0.25, 0.3) is 0 Å². The van der Waals surface area contributed by atoms with Gasteiger partial charge in [0.15, 0.2) is 0 Å². The second-order valence-electron chi connectivity index (χ2n) is 3.45. The lowest BCUT2D eigenvalue weighted by atomic mass is 9.99. The summed E-state index contributed by atoms with van der Waals surface area (Å²) in [6, 6.07) is 10.9. The van der Waals surface area contributed by atoms with Gasteiger partial charge in [-0.1, -0.05) is 18.2 Å². The van der Waals surface area contributed by atoms with Gasteiger partial charge in [-0.15, -0.1) is 0 Å². The van der Waals surface area contributed by atoms with Crippen LogP contribution < -0.4 is 0 Å². The van der Waals surface area contributed by atoms with Gasteiger partial charge < -0.3 is 5.11 Å². The van der Waals surface area contributed by atoms with E-state index < -0.39 is 11.9 Å². The average molecular weight is 226 g/mol. The van der Waals surface area contributed by atoms with Crippen LogP contribution in [-0.4, -0.2) is 11.1 Å². The number of rotatable bonds is 4. The van der Waals surface area contributed by atoms with Crippen molar-refractivity contribution >= 4 is 5.97 Å². The Kier molecular flexibility index (Phi) is 4.47. The van der Waals surface area contributed by atoms with E-state index in [1.54, 1.807) is 24.3 Å². The molecule has 0 aliphatic rings. The highest BCUT2D eigenvalue weighted by Gasteiger charge is 2.05. The number of benzene rings is 1. The van der Waals surface area contributed by atoms with E-state index in [0.29, 0.717) is 12.0 Å². The maximum Gasteiger partial charge on any atom is 0.328 e. The molecule has 1 unspecified atom stereocenters. The maximum absolute atomic E-state index is 10.3. The summed E-state index contributed by atoms with van der Waals surface area (Å²) in [6.45, 7) is 0. The van der Waals surface area contributed by atoms with Crippen molar-refractivity contribution in [2.75, 3.05) is 0 Å². The van der Waals surface area contributed by atoms with Crippen LogP contribution in [0.15, 0.2) is 36.4 Å². The van der Waals surface area contributed by atoms with E-state index in [1.807, 2.05) is 12.1 Å². The third-order valence-electron chi connectivity index (χ3n) is 2.18. The number of hydrogen-bond acceptors (Lipinski definition) is 3. The summed E-state index contributed by atoms with van der Waals surface area (Å²) in [4.78, 5) is 10.3. The first kappa shape index (κ1) is 12.5.